The van der Waals surface area contributed by atoms with Crippen molar-refractivity contribution < 1.29 is 0 Å². The van der Waals surface area contributed by atoms with Crippen molar-refractivity contribution in [3.8, 4) is 0 Å². The van der Waals surface area contributed by atoms with Crippen LogP contribution in [0.5, 0.6) is 0 Å². The minimum absolute atomic E-state index is 0.967. The quantitative estimate of drug-likeness (QED) is 0.289. The van der Waals surface area contributed by atoms with Crippen LogP contribution in [0.3, 0.4) is 0 Å². The topological polar surface area (TPSA) is 12.9 Å². The van der Waals surface area contributed by atoms with Crippen LogP contribution in [-0.4, -0.2) is 4.98 Å². The maximum Gasteiger partial charge on any atom is 0.0788 e. The fraction of sp³-hybridized carbons (Fsp3) is 0. The molecule has 0 bridgehead atoms. The van der Waals surface area contributed by atoms with Gasteiger partial charge in [-0.15, -0.1) is 0 Å². The van der Waals surface area contributed by atoms with Crippen LogP contribution in [0.15, 0.2) is 103 Å². The average Bonchev–Trinajstić information content (AvgIpc) is 2.82. The number of nitrogens with zero attached hydrogens (tertiary/aromatic N) is 1. The Bertz CT molecular complexity index is 1360. The highest BCUT2D eigenvalue weighted by molar-refractivity contribution is 6.06. The zero-order valence-electron chi connectivity index (χ0n) is 16.6. The molecule has 1 heterocycles. The van der Waals surface area contributed by atoms with Crippen molar-refractivity contribution in [1.82, 2.24) is 4.98 Å². The van der Waals surface area contributed by atoms with E-state index in [1.165, 1.54) is 16.3 Å². The van der Waals surface area contributed by atoms with Gasteiger partial charge in [-0.3, -0.25) is 0 Å². The lowest BCUT2D eigenvalue weighted by molar-refractivity contribution is 1.37. The molecule has 0 amide bonds. The van der Waals surface area contributed by atoms with Crippen molar-refractivity contribution >= 4 is 46.0 Å². The Labute approximate surface area is 176 Å². The van der Waals surface area contributed by atoms with Gasteiger partial charge < -0.3 is 0 Å². The van der Waals surface area contributed by atoms with Gasteiger partial charge in [0.2, 0.25) is 0 Å². The van der Waals surface area contributed by atoms with Crippen molar-refractivity contribution in [2.24, 2.45) is 0 Å². The van der Waals surface area contributed by atoms with Crippen molar-refractivity contribution in [3.05, 3.63) is 126 Å². The standard InChI is InChI=1S/C29H21N/c1-3-9-22(10-4-1)15-17-25-21-26-19-18-24-13-7-8-14-27(24)29(26)30-28(25)20-16-23-11-5-2-6-12-23/h1-21H. The molecule has 0 aliphatic carbocycles. The highest BCUT2D eigenvalue weighted by Crippen LogP contribution is 2.27. The summed E-state index contributed by atoms with van der Waals surface area (Å²) < 4.78 is 0. The Morgan fingerprint density at radius 2 is 1.10 bits per heavy atom. The van der Waals surface area contributed by atoms with Crippen molar-refractivity contribution in [2.45, 2.75) is 0 Å². The molecule has 142 valence electrons. The third kappa shape index (κ3) is 3.78. The minimum Gasteiger partial charge on any atom is -0.247 e. The molecule has 1 heteroatoms. The number of rotatable bonds is 4. The zero-order chi connectivity index (χ0) is 20.2. The second kappa shape index (κ2) is 8.18. The van der Waals surface area contributed by atoms with Gasteiger partial charge in [-0.05, 0) is 28.7 Å². The third-order valence-corrected chi connectivity index (χ3v) is 5.26. The van der Waals surface area contributed by atoms with Crippen LogP contribution in [0.4, 0.5) is 0 Å². The molecular weight excluding hydrogens is 362 g/mol. The van der Waals surface area contributed by atoms with Gasteiger partial charge in [0.25, 0.3) is 0 Å². The lowest BCUT2D eigenvalue weighted by atomic mass is 10.0. The molecule has 0 unspecified atom stereocenters. The summed E-state index contributed by atoms with van der Waals surface area (Å²) >= 11 is 0. The second-order valence-electron chi connectivity index (χ2n) is 7.31. The molecule has 0 aliphatic rings. The third-order valence-electron chi connectivity index (χ3n) is 5.26. The minimum atomic E-state index is 0.967. The molecule has 0 N–H and O–H groups in total. The van der Waals surface area contributed by atoms with E-state index in [0.717, 1.165) is 27.7 Å². The summed E-state index contributed by atoms with van der Waals surface area (Å²) in [6.07, 6.45) is 8.53. The van der Waals surface area contributed by atoms with E-state index >= 15 is 0 Å². The monoisotopic (exact) mass is 383 g/mol. The molecule has 0 aliphatic heterocycles. The maximum atomic E-state index is 5.09. The van der Waals surface area contributed by atoms with Crippen LogP contribution >= 0.6 is 0 Å². The van der Waals surface area contributed by atoms with Crippen LogP contribution in [0.1, 0.15) is 22.4 Å². The first-order valence-electron chi connectivity index (χ1n) is 10.2. The van der Waals surface area contributed by atoms with Crippen molar-refractivity contribution in [2.75, 3.05) is 0 Å². The number of fused-ring (bicyclic) bond motifs is 3. The molecule has 0 saturated carbocycles. The fourth-order valence-corrected chi connectivity index (χ4v) is 3.70. The second-order valence-corrected chi connectivity index (χ2v) is 7.31. The summed E-state index contributed by atoms with van der Waals surface area (Å²) in [7, 11) is 0. The first-order chi connectivity index (χ1) is 14.9. The van der Waals surface area contributed by atoms with Gasteiger partial charge in [0.05, 0.1) is 11.2 Å². The summed E-state index contributed by atoms with van der Waals surface area (Å²) in [4.78, 5) is 5.09. The van der Waals surface area contributed by atoms with Gasteiger partial charge in [0.15, 0.2) is 0 Å². The molecule has 0 spiro atoms. The Balaban J connectivity index is 1.67. The predicted molar refractivity (Wildman–Crippen MR) is 130 cm³/mol. The normalized spacial score (nSPS) is 11.7. The van der Waals surface area contributed by atoms with Crippen LogP contribution in [-0.2, 0) is 0 Å². The SMILES string of the molecule is C(=Cc1cc2ccc3ccccc3c2nc1C=Cc1ccccc1)c1ccccc1. The van der Waals surface area contributed by atoms with E-state index in [4.69, 9.17) is 4.98 Å². The summed E-state index contributed by atoms with van der Waals surface area (Å²) in [5.74, 6) is 0. The summed E-state index contributed by atoms with van der Waals surface area (Å²) in [6, 6.07) is 35.7. The Morgan fingerprint density at radius 3 is 1.83 bits per heavy atom. The zero-order valence-corrected chi connectivity index (χ0v) is 16.6. The smallest absolute Gasteiger partial charge is 0.0788 e. The van der Waals surface area contributed by atoms with Gasteiger partial charge in [0, 0.05) is 16.3 Å². The molecule has 5 rings (SSSR count). The summed E-state index contributed by atoms with van der Waals surface area (Å²) in [6.45, 7) is 0. The van der Waals surface area contributed by atoms with Gasteiger partial charge in [0.1, 0.15) is 0 Å². The molecule has 5 aromatic rings. The van der Waals surface area contributed by atoms with Gasteiger partial charge >= 0.3 is 0 Å². The number of hydrogen-bond donors (Lipinski definition) is 0. The first kappa shape index (κ1) is 18.1. The van der Waals surface area contributed by atoms with Crippen molar-refractivity contribution in [3.63, 3.8) is 0 Å². The number of hydrogen-bond acceptors (Lipinski definition) is 1. The van der Waals surface area contributed by atoms with E-state index in [9.17, 15) is 0 Å². The molecule has 1 aromatic heterocycles. The Hall–Kier alpha value is -3.97. The predicted octanol–water partition coefficient (Wildman–Crippen LogP) is 7.73. The van der Waals surface area contributed by atoms with Crippen molar-refractivity contribution in [1.29, 1.82) is 0 Å². The molecule has 4 aromatic carbocycles. The van der Waals surface area contributed by atoms with E-state index in [0.29, 0.717) is 0 Å². The highest BCUT2D eigenvalue weighted by Gasteiger charge is 2.06. The van der Waals surface area contributed by atoms with E-state index in [2.05, 4.69) is 115 Å². The molecule has 0 radical (unpaired) electrons. The molecule has 1 nitrogen and oxygen atoms in total. The van der Waals surface area contributed by atoms with E-state index < -0.39 is 0 Å². The summed E-state index contributed by atoms with van der Waals surface area (Å²) in [5, 5.41) is 3.55. The molecule has 0 atom stereocenters. The molecule has 0 saturated heterocycles. The van der Waals surface area contributed by atoms with E-state index in [-0.39, 0.29) is 0 Å². The molecular formula is C29H21N. The number of aromatic nitrogens is 1. The van der Waals surface area contributed by atoms with Crippen LogP contribution < -0.4 is 0 Å². The Morgan fingerprint density at radius 1 is 0.500 bits per heavy atom. The number of pyridine rings is 1. The fourth-order valence-electron chi connectivity index (χ4n) is 3.70. The van der Waals surface area contributed by atoms with Gasteiger partial charge in [-0.2, -0.15) is 0 Å². The molecule has 0 fully saturated rings. The largest absolute Gasteiger partial charge is 0.247 e. The van der Waals surface area contributed by atoms with E-state index in [1.54, 1.807) is 0 Å². The van der Waals surface area contributed by atoms with Crippen LogP contribution in [0.25, 0.3) is 46.0 Å². The van der Waals surface area contributed by atoms with Crippen LogP contribution in [0, 0.1) is 0 Å². The number of benzene rings is 4. The highest BCUT2D eigenvalue weighted by atomic mass is 14.7. The Kier molecular flexibility index (Phi) is 4.93. The van der Waals surface area contributed by atoms with Crippen LogP contribution in [0.2, 0.25) is 0 Å². The lowest BCUT2D eigenvalue weighted by Crippen LogP contribution is -1.90. The average molecular weight is 383 g/mol. The summed E-state index contributed by atoms with van der Waals surface area (Å²) in [5.41, 5.74) is 5.45. The lowest BCUT2D eigenvalue weighted by Gasteiger charge is -2.08. The first-order valence-corrected chi connectivity index (χ1v) is 10.2. The molecule has 30 heavy (non-hydrogen) atoms. The van der Waals surface area contributed by atoms with Gasteiger partial charge in [-0.1, -0.05) is 115 Å². The maximum absolute atomic E-state index is 5.09. The van der Waals surface area contributed by atoms with E-state index in [1.807, 2.05) is 12.1 Å². The van der Waals surface area contributed by atoms with Gasteiger partial charge in [-0.25, -0.2) is 4.98 Å².